The summed E-state index contributed by atoms with van der Waals surface area (Å²) in [5.41, 5.74) is 0. The molecule has 0 aromatic heterocycles. The van der Waals surface area contributed by atoms with Crippen LogP contribution in [0.2, 0.25) is 0 Å². The van der Waals surface area contributed by atoms with Crippen LogP contribution in [0.25, 0.3) is 0 Å². The van der Waals surface area contributed by atoms with Crippen molar-refractivity contribution in [3.63, 3.8) is 0 Å². The van der Waals surface area contributed by atoms with E-state index in [2.05, 4.69) is 4.90 Å². The molecule has 1 N–H and O–H groups in total. The van der Waals surface area contributed by atoms with Crippen LogP contribution in [0, 0.1) is 0 Å². The molecule has 0 spiro atoms. The van der Waals surface area contributed by atoms with Crippen molar-refractivity contribution in [2.75, 3.05) is 27.2 Å². The summed E-state index contributed by atoms with van der Waals surface area (Å²) in [5, 5.41) is 8.77. The number of nitrogens with zero attached hydrogens (tertiary/aromatic N) is 2. The van der Waals surface area contributed by atoms with Gasteiger partial charge in [0.25, 0.3) is 0 Å². The van der Waals surface area contributed by atoms with E-state index >= 15 is 0 Å². The zero-order valence-electron chi connectivity index (χ0n) is 12.1. The summed E-state index contributed by atoms with van der Waals surface area (Å²) in [6.07, 6.45) is 5.89. The van der Waals surface area contributed by atoms with E-state index in [4.69, 9.17) is 5.11 Å². The highest BCUT2D eigenvalue weighted by atomic mass is 16.4. The third-order valence-corrected chi connectivity index (χ3v) is 3.78. The van der Waals surface area contributed by atoms with Gasteiger partial charge in [0.05, 0.1) is 0 Å². The summed E-state index contributed by atoms with van der Waals surface area (Å²) in [6.45, 7) is 1.95. The Hall–Kier alpha value is -1.10. The predicted molar refractivity (Wildman–Crippen MR) is 74.0 cm³/mol. The summed E-state index contributed by atoms with van der Waals surface area (Å²) in [7, 11) is 3.55. The lowest BCUT2D eigenvalue weighted by Gasteiger charge is -2.35. The molecule has 0 bridgehead atoms. The van der Waals surface area contributed by atoms with Gasteiger partial charge in [-0.15, -0.1) is 0 Å². The second-order valence-corrected chi connectivity index (χ2v) is 5.51. The first-order valence-electron chi connectivity index (χ1n) is 7.16. The average Bonchev–Trinajstić information content (AvgIpc) is 2.37. The second-order valence-electron chi connectivity index (χ2n) is 5.51. The number of carbonyl (C=O) groups excluding carboxylic acids is 1. The van der Waals surface area contributed by atoms with Gasteiger partial charge in [0.1, 0.15) is 0 Å². The molecule has 1 unspecified atom stereocenters. The zero-order valence-corrected chi connectivity index (χ0v) is 12.1. The van der Waals surface area contributed by atoms with Gasteiger partial charge in [-0.25, -0.2) is 0 Å². The molecule has 0 aliphatic carbocycles. The predicted octanol–water partition coefficient (Wildman–Crippen LogP) is 1.57. The monoisotopic (exact) mass is 270 g/mol. The Morgan fingerprint density at radius 3 is 2.63 bits per heavy atom. The summed E-state index contributed by atoms with van der Waals surface area (Å²) >= 11 is 0. The van der Waals surface area contributed by atoms with E-state index in [0.717, 1.165) is 32.4 Å². The lowest BCUT2D eigenvalue weighted by Crippen LogP contribution is -2.40. The van der Waals surface area contributed by atoms with Crippen LogP contribution < -0.4 is 0 Å². The molecule has 1 rings (SSSR count). The molecule has 0 aromatic carbocycles. The first-order valence-corrected chi connectivity index (χ1v) is 7.16. The molecule has 1 fully saturated rings. The third kappa shape index (κ3) is 6.05. The number of amides is 1. The van der Waals surface area contributed by atoms with E-state index in [1.54, 1.807) is 19.0 Å². The summed E-state index contributed by atoms with van der Waals surface area (Å²) in [5.74, 6) is -0.549. The topological polar surface area (TPSA) is 60.9 Å². The van der Waals surface area contributed by atoms with Gasteiger partial charge in [-0.05, 0) is 38.8 Å². The van der Waals surface area contributed by atoms with Gasteiger partial charge in [-0.3, -0.25) is 9.59 Å². The van der Waals surface area contributed by atoms with Gasteiger partial charge in [0.15, 0.2) is 0 Å². The van der Waals surface area contributed by atoms with Gasteiger partial charge < -0.3 is 14.9 Å². The molecular weight excluding hydrogens is 244 g/mol. The van der Waals surface area contributed by atoms with E-state index in [9.17, 15) is 9.59 Å². The number of likely N-dealkylation sites (tertiary alicyclic amines) is 1. The minimum absolute atomic E-state index is 0.166. The Balaban J connectivity index is 2.31. The quantitative estimate of drug-likeness (QED) is 0.763. The maximum Gasteiger partial charge on any atom is 0.303 e. The minimum Gasteiger partial charge on any atom is -0.481 e. The molecule has 1 amide bonds. The van der Waals surface area contributed by atoms with Gasteiger partial charge in [-0.1, -0.05) is 6.42 Å². The van der Waals surface area contributed by atoms with Crippen molar-refractivity contribution in [3.05, 3.63) is 0 Å². The summed E-state index contributed by atoms with van der Waals surface area (Å²) < 4.78 is 0. The van der Waals surface area contributed by atoms with Crippen molar-refractivity contribution in [1.82, 2.24) is 9.80 Å². The van der Waals surface area contributed by atoms with E-state index in [-0.39, 0.29) is 12.3 Å². The normalized spacial score (nSPS) is 20.2. The number of carbonyl (C=O) groups is 2. The smallest absolute Gasteiger partial charge is 0.303 e. The van der Waals surface area contributed by atoms with Crippen molar-refractivity contribution in [2.24, 2.45) is 0 Å². The average molecular weight is 270 g/mol. The van der Waals surface area contributed by atoms with Gasteiger partial charge in [-0.2, -0.15) is 0 Å². The Morgan fingerprint density at radius 2 is 2.00 bits per heavy atom. The molecule has 19 heavy (non-hydrogen) atoms. The van der Waals surface area contributed by atoms with Gasteiger partial charge in [0, 0.05) is 33.0 Å². The van der Waals surface area contributed by atoms with Gasteiger partial charge in [0.2, 0.25) is 5.91 Å². The minimum atomic E-state index is -0.715. The lowest BCUT2D eigenvalue weighted by molar-refractivity contribution is -0.137. The first kappa shape index (κ1) is 16.0. The number of carboxylic acids is 1. The summed E-state index contributed by atoms with van der Waals surface area (Å²) in [6, 6.07) is 0.388. The maximum absolute atomic E-state index is 11.5. The SMILES string of the molecule is CN(C)C(=O)CCCN1CCCCC1CCC(=O)O. The fourth-order valence-corrected chi connectivity index (χ4v) is 2.63. The van der Waals surface area contributed by atoms with E-state index in [1.165, 1.54) is 12.8 Å². The van der Waals surface area contributed by atoms with Crippen LogP contribution in [0.3, 0.4) is 0 Å². The van der Waals surface area contributed by atoms with Crippen LogP contribution in [0.1, 0.15) is 44.9 Å². The number of hydrogen-bond donors (Lipinski definition) is 1. The van der Waals surface area contributed by atoms with Crippen molar-refractivity contribution in [1.29, 1.82) is 0 Å². The van der Waals surface area contributed by atoms with Crippen molar-refractivity contribution < 1.29 is 14.7 Å². The molecule has 5 nitrogen and oxygen atoms in total. The Bertz CT molecular complexity index is 305. The maximum atomic E-state index is 11.5. The third-order valence-electron chi connectivity index (χ3n) is 3.78. The zero-order chi connectivity index (χ0) is 14.3. The highest BCUT2D eigenvalue weighted by Gasteiger charge is 2.22. The molecule has 5 heteroatoms. The number of piperidine rings is 1. The number of hydrogen-bond acceptors (Lipinski definition) is 3. The van der Waals surface area contributed by atoms with Crippen LogP contribution in [0.5, 0.6) is 0 Å². The second kappa shape index (κ2) is 8.15. The Morgan fingerprint density at radius 1 is 1.26 bits per heavy atom. The number of aliphatic carboxylic acids is 1. The Labute approximate surface area is 115 Å². The fourth-order valence-electron chi connectivity index (χ4n) is 2.63. The van der Waals surface area contributed by atoms with Crippen LogP contribution >= 0.6 is 0 Å². The van der Waals surface area contributed by atoms with Crippen LogP contribution in [0.4, 0.5) is 0 Å². The largest absolute Gasteiger partial charge is 0.481 e. The molecule has 1 atom stereocenters. The summed E-state index contributed by atoms with van der Waals surface area (Å²) in [4.78, 5) is 26.2. The van der Waals surface area contributed by atoms with Crippen molar-refractivity contribution in [2.45, 2.75) is 51.0 Å². The molecule has 0 saturated carbocycles. The molecule has 1 aliphatic rings. The highest BCUT2D eigenvalue weighted by Crippen LogP contribution is 2.21. The van der Waals surface area contributed by atoms with E-state index < -0.39 is 5.97 Å². The number of rotatable bonds is 7. The fraction of sp³-hybridized carbons (Fsp3) is 0.857. The van der Waals surface area contributed by atoms with Crippen molar-refractivity contribution in [3.8, 4) is 0 Å². The highest BCUT2D eigenvalue weighted by molar-refractivity contribution is 5.75. The van der Waals surface area contributed by atoms with Crippen LogP contribution in [-0.4, -0.2) is 60.0 Å². The molecule has 1 saturated heterocycles. The molecular formula is C14H26N2O3. The standard InChI is InChI=1S/C14H26N2O3/c1-15(2)13(17)7-5-11-16-10-4-3-6-12(16)8-9-14(18)19/h12H,3-11H2,1-2H3,(H,18,19). The van der Waals surface area contributed by atoms with E-state index in [0.29, 0.717) is 12.5 Å². The molecule has 110 valence electrons. The lowest BCUT2D eigenvalue weighted by atomic mass is 9.97. The Kier molecular flexibility index (Phi) is 6.84. The van der Waals surface area contributed by atoms with Crippen LogP contribution in [-0.2, 0) is 9.59 Å². The molecule has 1 heterocycles. The molecule has 1 aliphatic heterocycles. The molecule has 0 radical (unpaired) electrons. The van der Waals surface area contributed by atoms with Crippen molar-refractivity contribution >= 4 is 11.9 Å². The molecule has 0 aromatic rings. The first-order chi connectivity index (χ1) is 9.00. The van der Waals surface area contributed by atoms with Crippen LogP contribution in [0.15, 0.2) is 0 Å². The van der Waals surface area contributed by atoms with E-state index in [1.807, 2.05) is 0 Å². The number of carboxylic acid groups (broad SMARTS) is 1. The van der Waals surface area contributed by atoms with Gasteiger partial charge >= 0.3 is 5.97 Å².